The maximum absolute atomic E-state index is 12.6. The van der Waals surface area contributed by atoms with Crippen LogP contribution < -0.4 is 10.9 Å². The summed E-state index contributed by atoms with van der Waals surface area (Å²) in [7, 11) is 0. The average Bonchev–Trinajstić information content (AvgIpc) is 2.80. The van der Waals surface area contributed by atoms with E-state index >= 15 is 0 Å². The number of rotatable bonds is 8. The lowest BCUT2D eigenvalue weighted by Crippen LogP contribution is -2.30. The molecule has 8 nitrogen and oxygen atoms in total. The highest BCUT2D eigenvalue weighted by molar-refractivity contribution is 5.97. The van der Waals surface area contributed by atoms with Gasteiger partial charge in [0.25, 0.3) is 11.5 Å². The Hall–Kier alpha value is -3.81. The first kappa shape index (κ1) is 22.9. The molecule has 8 heteroatoms. The molecule has 2 aromatic heterocycles. The van der Waals surface area contributed by atoms with E-state index in [1.54, 1.807) is 60.6 Å². The summed E-state index contributed by atoms with van der Waals surface area (Å²) in [6.45, 7) is 6.85. The van der Waals surface area contributed by atoms with Gasteiger partial charge in [-0.15, -0.1) is 0 Å². The maximum atomic E-state index is 12.6. The molecule has 32 heavy (non-hydrogen) atoms. The molecule has 3 rings (SSSR count). The highest BCUT2D eigenvalue weighted by Gasteiger charge is 2.14. The second-order valence-electron chi connectivity index (χ2n) is 7.32. The van der Waals surface area contributed by atoms with Crippen molar-refractivity contribution in [3.63, 3.8) is 0 Å². The summed E-state index contributed by atoms with van der Waals surface area (Å²) in [6.07, 6.45) is 3.64. The van der Waals surface area contributed by atoms with Gasteiger partial charge in [-0.1, -0.05) is 6.07 Å². The van der Waals surface area contributed by atoms with Gasteiger partial charge < -0.3 is 15.2 Å². The third kappa shape index (κ3) is 5.46. The van der Waals surface area contributed by atoms with Crippen molar-refractivity contribution in [2.24, 2.45) is 0 Å². The summed E-state index contributed by atoms with van der Waals surface area (Å²) in [4.78, 5) is 50.5. The normalized spacial score (nSPS) is 10.6. The first-order valence-electron chi connectivity index (χ1n) is 10.6. The number of hydrogen-bond donors (Lipinski definition) is 2. The number of anilines is 1. The molecule has 0 fully saturated rings. The minimum Gasteiger partial charge on any atom is -0.339 e. The number of benzene rings is 1. The largest absolute Gasteiger partial charge is 0.339 e. The molecular formula is C24H27N5O3. The lowest BCUT2D eigenvalue weighted by Gasteiger charge is -2.19. The van der Waals surface area contributed by atoms with E-state index < -0.39 is 0 Å². The molecule has 0 aliphatic heterocycles. The topological polar surface area (TPSA) is 108 Å². The lowest BCUT2D eigenvalue weighted by molar-refractivity contribution is -0.116. The van der Waals surface area contributed by atoms with Gasteiger partial charge in [0.1, 0.15) is 5.82 Å². The van der Waals surface area contributed by atoms with Crippen LogP contribution in [0.3, 0.4) is 0 Å². The van der Waals surface area contributed by atoms with Crippen molar-refractivity contribution in [1.29, 1.82) is 0 Å². The van der Waals surface area contributed by atoms with Gasteiger partial charge in [-0.25, -0.2) is 4.98 Å². The number of H-pyrrole nitrogens is 1. The van der Waals surface area contributed by atoms with Crippen LogP contribution in [-0.2, 0) is 11.2 Å². The van der Waals surface area contributed by atoms with E-state index in [2.05, 4.69) is 20.3 Å². The Morgan fingerprint density at radius 3 is 2.47 bits per heavy atom. The molecule has 2 heterocycles. The molecule has 0 aliphatic rings. The first-order valence-corrected chi connectivity index (χ1v) is 10.6. The van der Waals surface area contributed by atoms with Gasteiger partial charge >= 0.3 is 0 Å². The number of aromatic amines is 1. The fourth-order valence-corrected chi connectivity index (χ4v) is 3.44. The van der Waals surface area contributed by atoms with E-state index in [0.29, 0.717) is 41.4 Å². The van der Waals surface area contributed by atoms with Crippen LogP contribution in [0, 0.1) is 6.92 Å². The number of pyridine rings is 1. The van der Waals surface area contributed by atoms with Gasteiger partial charge in [-0.05, 0) is 57.5 Å². The highest BCUT2D eigenvalue weighted by atomic mass is 16.2. The number of aromatic nitrogens is 3. The van der Waals surface area contributed by atoms with Gasteiger partial charge in [0.05, 0.1) is 0 Å². The van der Waals surface area contributed by atoms with E-state index in [-0.39, 0.29) is 30.2 Å². The molecule has 1 aromatic carbocycles. The molecule has 0 saturated carbocycles. The SMILES string of the molecule is CCN(CC)C(=O)c1cccc(NC(=O)CCc2c(C)nc(-c3ccncc3)[nH]c2=O)c1. The molecule has 2 N–H and O–H groups in total. The van der Waals surface area contributed by atoms with E-state index in [0.717, 1.165) is 5.56 Å². The predicted molar refractivity (Wildman–Crippen MR) is 123 cm³/mol. The number of carbonyl (C=O) groups excluding carboxylic acids is 2. The Balaban J connectivity index is 1.66. The van der Waals surface area contributed by atoms with Crippen molar-refractivity contribution in [2.75, 3.05) is 18.4 Å². The summed E-state index contributed by atoms with van der Waals surface area (Å²) in [6, 6.07) is 10.4. The zero-order valence-corrected chi connectivity index (χ0v) is 18.5. The minimum absolute atomic E-state index is 0.0754. The number of aryl methyl sites for hydroxylation is 1. The number of carbonyl (C=O) groups is 2. The Morgan fingerprint density at radius 1 is 1.09 bits per heavy atom. The monoisotopic (exact) mass is 433 g/mol. The fourth-order valence-electron chi connectivity index (χ4n) is 3.44. The molecule has 0 aliphatic carbocycles. The van der Waals surface area contributed by atoms with Crippen molar-refractivity contribution >= 4 is 17.5 Å². The van der Waals surface area contributed by atoms with Crippen LogP contribution in [0.2, 0.25) is 0 Å². The van der Waals surface area contributed by atoms with Crippen molar-refractivity contribution < 1.29 is 9.59 Å². The zero-order valence-electron chi connectivity index (χ0n) is 18.5. The summed E-state index contributed by atoms with van der Waals surface area (Å²) in [5, 5.41) is 2.81. The van der Waals surface area contributed by atoms with Crippen LogP contribution in [0.25, 0.3) is 11.4 Å². The quantitative estimate of drug-likeness (QED) is 0.567. The lowest BCUT2D eigenvalue weighted by atomic mass is 10.1. The third-order valence-electron chi connectivity index (χ3n) is 5.22. The predicted octanol–water partition coefficient (Wildman–Crippen LogP) is 3.19. The minimum atomic E-state index is -0.260. The van der Waals surface area contributed by atoms with Crippen LogP contribution >= 0.6 is 0 Å². The standard InChI is InChI=1S/C24H27N5O3/c1-4-29(5-2)24(32)18-7-6-8-19(15-18)27-21(30)10-9-20-16(3)26-22(28-23(20)31)17-11-13-25-14-12-17/h6-8,11-15H,4-5,9-10H2,1-3H3,(H,27,30)(H,26,28,31). The molecule has 0 unspecified atom stereocenters. The van der Waals surface area contributed by atoms with Gasteiger partial charge in [0, 0.05) is 60.0 Å². The Bertz CT molecular complexity index is 1150. The van der Waals surface area contributed by atoms with Gasteiger partial charge in [-0.2, -0.15) is 0 Å². The van der Waals surface area contributed by atoms with Crippen molar-refractivity contribution in [3.05, 3.63) is 76.0 Å². The summed E-state index contributed by atoms with van der Waals surface area (Å²) in [5.41, 5.74) is 2.63. The van der Waals surface area contributed by atoms with Gasteiger partial charge in [0.2, 0.25) is 5.91 Å². The molecule has 166 valence electrons. The third-order valence-corrected chi connectivity index (χ3v) is 5.22. The van der Waals surface area contributed by atoms with Crippen LogP contribution in [0.4, 0.5) is 5.69 Å². The van der Waals surface area contributed by atoms with E-state index in [1.165, 1.54) is 0 Å². The van der Waals surface area contributed by atoms with Crippen LogP contribution in [0.15, 0.2) is 53.6 Å². The van der Waals surface area contributed by atoms with Crippen molar-refractivity contribution in [3.8, 4) is 11.4 Å². The number of nitrogens with zero attached hydrogens (tertiary/aromatic N) is 3. The Morgan fingerprint density at radius 2 is 1.81 bits per heavy atom. The number of nitrogens with one attached hydrogen (secondary N) is 2. The van der Waals surface area contributed by atoms with E-state index in [4.69, 9.17) is 0 Å². The Labute approximate surface area is 186 Å². The first-order chi connectivity index (χ1) is 15.4. The summed E-state index contributed by atoms with van der Waals surface area (Å²) < 4.78 is 0. The molecule has 0 bridgehead atoms. The van der Waals surface area contributed by atoms with Gasteiger partial charge in [-0.3, -0.25) is 19.4 Å². The molecular weight excluding hydrogens is 406 g/mol. The number of hydrogen-bond acceptors (Lipinski definition) is 5. The summed E-state index contributed by atoms with van der Waals surface area (Å²) >= 11 is 0. The zero-order chi connectivity index (χ0) is 23.1. The molecule has 0 saturated heterocycles. The Kier molecular flexibility index (Phi) is 7.49. The van der Waals surface area contributed by atoms with Crippen LogP contribution in [-0.4, -0.2) is 44.8 Å². The van der Waals surface area contributed by atoms with Crippen molar-refractivity contribution in [1.82, 2.24) is 19.9 Å². The van der Waals surface area contributed by atoms with Crippen molar-refractivity contribution in [2.45, 2.75) is 33.6 Å². The van der Waals surface area contributed by atoms with E-state index in [1.807, 2.05) is 13.8 Å². The van der Waals surface area contributed by atoms with E-state index in [9.17, 15) is 14.4 Å². The molecule has 2 amide bonds. The van der Waals surface area contributed by atoms with Crippen LogP contribution in [0.1, 0.15) is 41.9 Å². The van der Waals surface area contributed by atoms with Gasteiger partial charge in [0.15, 0.2) is 0 Å². The smallest absolute Gasteiger partial charge is 0.254 e. The molecule has 0 spiro atoms. The van der Waals surface area contributed by atoms with Crippen LogP contribution in [0.5, 0.6) is 0 Å². The fraction of sp³-hybridized carbons (Fsp3) is 0.292. The maximum Gasteiger partial charge on any atom is 0.254 e. The average molecular weight is 434 g/mol. The second kappa shape index (κ2) is 10.5. The molecule has 3 aromatic rings. The second-order valence-corrected chi connectivity index (χ2v) is 7.32. The molecule has 0 radical (unpaired) electrons. The highest BCUT2D eigenvalue weighted by Crippen LogP contribution is 2.15. The summed E-state index contributed by atoms with van der Waals surface area (Å²) in [5.74, 6) is 0.154. The molecule has 0 atom stereocenters. The number of amides is 2.